The first-order valence-corrected chi connectivity index (χ1v) is 7.49. The zero-order chi connectivity index (χ0) is 16.4. The van der Waals surface area contributed by atoms with E-state index in [0.29, 0.717) is 5.75 Å². The highest BCUT2D eigenvalue weighted by Crippen LogP contribution is 2.32. The molecule has 0 aliphatic carbocycles. The van der Waals surface area contributed by atoms with E-state index in [-0.39, 0.29) is 11.3 Å². The minimum atomic E-state index is -0.563. The quantitative estimate of drug-likeness (QED) is 0.289. The van der Waals surface area contributed by atoms with Crippen LogP contribution in [0.15, 0.2) is 65.1 Å². The number of nitro benzene ring substituents is 1. The Labute approximate surface area is 139 Å². The number of halogens is 1. The number of fused-ring (bicyclic) bond motifs is 1. The third-order valence-corrected chi connectivity index (χ3v) is 4.04. The van der Waals surface area contributed by atoms with Crippen LogP contribution in [0.3, 0.4) is 0 Å². The Morgan fingerprint density at radius 2 is 1.61 bits per heavy atom. The molecule has 0 saturated carbocycles. The fourth-order valence-corrected chi connectivity index (χ4v) is 2.68. The van der Waals surface area contributed by atoms with Crippen LogP contribution in [0.4, 0.5) is 5.69 Å². The first kappa shape index (κ1) is 15.2. The number of carbonyl (C=O) groups is 1. The number of benzene rings is 3. The number of ether oxygens (including phenoxy) is 1. The molecule has 23 heavy (non-hydrogen) atoms. The summed E-state index contributed by atoms with van der Waals surface area (Å²) in [6, 6.07) is 16.3. The molecule has 0 heterocycles. The van der Waals surface area contributed by atoms with Gasteiger partial charge in [0.15, 0.2) is 0 Å². The molecular formula is C17H10BrNO4. The molecule has 3 rings (SSSR count). The van der Waals surface area contributed by atoms with E-state index < -0.39 is 10.9 Å². The Kier molecular flexibility index (Phi) is 4.08. The fraction of sp³-hybridized carbons (Fsp3) is 0. The highest BCUT2D eigenvalue weighted by Gasteiger charge is 2.13. The number of esters is 1. The average Bonchev–Trinajstić information content (AvgIpc) is 2.57. The minimum Gasteiger partial charge on any atom is -0.422 e. The van der Waals surface area contributed by atoms with Gasteiger partial charge in [0.1, 0.15) is 5.75 Å². The molecule has 0 atom stereocenters. The van der Waals surface area contributed by atoms with Gasteiger partial charge in [0.2, 0.25) is 0 Å². The zero-order valence-corrected chi connectivity index (χ0v) is 13.3. The summed E-state index contributed by atoms with van der Waals surface area (Å²) in [5, 5.41) is 12.4. The van der Waals surface area contributed by atoms with Gasteiger partial charge in [-0.2, -0.15) is 0 Å². The molecular weight excluding hydrogens is 362 g/mol. The molecule has 0 spiro atoms. The van der Waals surface area contributed by atoms with Gasteiger partial charge in [-0.1, -0.05) is 40.2 Å². The molecule has 6 heteroatoms. The smallest absolute Gasteiger partial charge is 0.343 e. The normalized spacial score (nSPS) is 10.5. The predicted octanol–water partition coefficient (Wildman–Crippen LogP) is 4.73. The lowest BCUT2D eigenvalue weighted by Gasteiger charge is -2.09. The summed E-state index contributed by atoms with van der Waals surface area (Å²) < 4.78 is 6.35. The summed E-state index contributed by atoms with van der Waals surface area (Å²) in [4.78, 5) is 22.3. The topological polar surface area (TPSA) is 69.4 Å². The third-order valence-electron chi connectivity index (χ3n) is 3.35. The molecule has 0 saturated heterocycles. The van der Waals surface area contributed by atoms with Crippen molar-refractivity contribution >= 4 is 38.4 Å². The van der Waals surface area contributed by atoms with E-state index in [4.69, 9.17) is 4.74 Å². The highest BCUT2D eigenvalue weighted by molar-refractivity contribution is 9.10. The number of nitro groups is 1. The lowest BCUT2D eigenvalue weighted by molar-refractivity contribution is -0.384. The summed E-state index contributed by atoms with van der Waals surface area (Å²) in [6.45, 7) is 0. The Morgan fingerprint density at radius 1 is 0.957 bits per heavy atom. The SMILES string of the molecule is O=C(Oc1ccc(Br)c2ccccc12)c1ccc([N+](=O)[O-])cc1. The second-order valence-electron chi connectivity index (χ2n) is 4.78. The van der Waals surface area contributed by atoms with Crippen molar-refractivity contribution in [2.45, 2.75) is 0 Å². The molecule has 5 nitrogen and oxygen atoms in total. The molecule has 114 valence electrons. The summed E-state index contributed by atoms with van der Waals surface area (Å²) in [5.41, 5.74) is 0.179. The molecule has 0 unspecified atom stereocenters. The van der Waals surface area contributed by atoms with Gasteiger partial charge in [-0.15, -0.1) is 0 Å². The van der Waals surface area contributed by atoms with Crippen molar-refractivity contribution in [3.05, 3.63) is 80.8 Å². The standard InChI is InChI=1S/C17H10BrNO4/c18-15-9-10-16(14-4-2-1-3-13(14)15)23-17(20)11-5-7-12(8-6-11)19(21)22/h1-10H. The monoisotopic (exact) mass is 371 g/mol. The van der Waals surface area contributed by atoms with Gasteiger partial charge in [-0.3, -0.25) is 10.1 Å². The van der Waals surface area contributed by atoms with Crippen molar-refractivity contribution < 1.29 is 14.5 Å². The summed E-state index contributed by atoms with van der Waals surface area (Å²) in [6.07, 6.45) is 0. The van der Waals surface area contributed by atoms with Gasteiger partial charge in [-0.25, -0.2) is 4.79 Å². The number of non-ortho nitro benzene ring substituents is 1. The minimum absolute atomic E-state index is 0.0735. The van der Waals surface area contributed by atoms with Crippen LogP contribution >= 0.6 is 15.9 Å². The lowest BCUT2D eigenvalue weighted by Crippen LogP contribution is -2.08. The van der Waals surface area contributed by atoms with E-state index in [1.54, 1.807) is 12.1 Å². The molecule has 0 bridgehead atoms. The molecule has 0 amide bonds. The first-order chi connectivity index (χ1) is 11.1. The van der Waals surface area contributed by atoms with Gasteiger partial charge in [-0.05, 0) is 29.7 Å². The van der Waals surface area contributed by atoms with Crippen LogP contribution in [0.2, 0.25) is 0 Å². The van der Waals surface area contributed by atoms with Gasteiger partial charge in [0.25, 0.3) is 5.69 Å². The van der Waals surface area contributed by atoms with E-state index in [1.165, 1.54) is 24.3 Å². The Morgan fingerprint density at radius 3 is 2.26 bits per heavy atom. The molecule has 0 aromatic heterocycles. The maximum atomic E-state index is 12.2. The maximum absolute atomic E-state index is 12.2. The van der Waals surface area contributed by atoms with Gasteiger partial charge < -0.3 is 4.74 Å². The largest absolute Gasteiger partial charge is 0.422 e. The fourth-order valence-electron chi connectivity index (χ4n) is 2.20. The van der Waals surface area contributed by atoms with Crippen LogP contribution < -0.4 is 4.74 Å². The summed E-state index contributed by atoms with van der Waals surface area (Å²) in [7, 11) is 0. The summed E-state index contributed by atoms with van der Waals surface area (Å²) in [5.74, 6) is -0.125. The van der Waals surface area contributed by atoms with Gasteiger partial charge >= 0.3 is 5.97 Å². The van der Waals surface area contributed by atoms with Crippen molar-refractivity contribution in [2.75, 3.05) is 0 Å². The van der Waals surface area contributed by atoms with Crippen molar-refractivity contribution in [1.29, 1.82) is 0 Å². The van der Waals surface area contributed by atoms with E-state index in [2.05, 4.69) is 15.9 Å². The number of rotatable bonds is 3. The van der Waals surface area contributed by atoms with Gasteiger partial charge in [0, 0.05) is 22.0 Å². The van der Waals surface area contributed by atoms with Crippen molar-refractivity contribution in [3.8, 4) is 5.75 Å². The van der Waals surface area contributed by atoms with E-state index in [1.807, 2.05) is 24.3 Å². The van der Waals surface area contributed by atoms with Crippen LogP contribution in [-0.4, -0.2) is 10.9 Å². The second-order valence-corrected chi connectivity index (χ2v) is 5.64. The van der Waals surface area contributed by atoms with E-state index in [0.717, 1.165) is 15.2 Å². The summed E-state index contributed by atoms with van der Waals surface area (Å²) >= 11 is 3.46. The van der Waals surface area contributed by atoms with Crippen LogP contribution in [0.1, 0.15) is 10.4 Å². The first-order valence-electron chi connectivity index (χ1n) is 6.70. The number of hydrogen-bond donors (Lipinski definition) is 0. The molecule has 3 aromatic carbocycles. The number of hydrogen-bond acceptors (Lipinski definition) is 4. The van der Waals surface area contributed by atoms with Crippen molar-refractivity contribution in [2.24, 2.45) is 0 Å². The Hall–Kier alpha value is -2.73. The lowest BCUT2D eigenvalue weighted by atomic mass is 10.1. The average molecular weight is 372 g/mol. The predicted molar refractivity (Wildman–Crippen MR) is 89.7 cm³/mol. The van der Waals surface area contributed by atoms with Crippen molar-refractivity contribution in [3.63, 3.8) is 0 Å². The third kappa shape index (κ3) is 3.07. The Bertz CT molecular complexity index is 906. The van der Waals surface area contributed by atoms with Crippen LogP contribution in [0, 0.1) is 10.1 Å². The molecule has 3 aromatic rings. The number of nitrogens with zero attached hydrogens (tertiary/aromatic N) is 1. The van der Waals surface area contributed by atoms with Crippen LogP contribution in [0.25, 0.3) is 10.8 Å². The molecule has 0 N–H and O–H groups in total. The van der Waals surface area contributed by atoms with Crippen LogP contribution in [0.5, 0.6) is 5.75 Å². The van der Waals surface area contributed by atoms with Gasteiger partial charge in [0.05, 0.1) is 10.5 Å². The molecule has 0 aliphatic rings. The Balaban J connectivity index is 1.91. The zero-order valence-electron chi connectivity index (χ0n) is 11.7. The number of carbonyl (C=O) groups excluding carboxylic acids is 1. The second kappa shape index (κ2) is 6.18. The van der Waals surface area contributed by atoms with Crippen LogP contribution in [-0.2, 0) is 0 Å². The molecule has 0 fully saturated rings. The van der Waals surface area contributed by atoms with Crippen molar-refractivity contribution in [1.82, 2.24) is 0 Å². The molecule has 0 radical (unpaired) electrons. The van der Waals surface area contributed by atoms with E-state index in [9.17, 15) is 14.9 Å². The highest BCUT2D eigenvalue weighted by atomic mass is 79.9. The van der Waals surface area contributed by atoms with E-state index >= 15 is 0 Å². The molecule has 0 aliphatic heterocycles. The maximum Gasteiger partial charge on any atom is 0.343 e.